The van der Waals surface area contributed by atoms with E-state index in [4.69, 9.17) is 14.4 Å². The van der Waals surface area contributed by atoms with Crippen LogP contribution in [-0.2, 0) is 0 Å². The van der Waals surface area contributed by atoms with Crippen molar-refractivity contribution in [3.63, 3.8) is 0 Å². The number of aliphatic imine (C=N–C) groups is 2. The number of hydrogen-bond donors (Lipinski definition) is 0. The van der Waals surface area contributed by atoms with Gasteiger partial charge in [0.15, 0.2) is 5.84 Å². The zero-order chi connectivity index (χ0) is 38.3. The summed E-state index contributed by atoms with van der Waals surface area (Å²) in [5, 5.41) is 4.58. The van der Waals surface area contributed by atoms with Gasteiger partial charge in [-0.1, -0.05) is 152 Å². The normalized spacial score (nSPS) is 12.2. The van der Waals surface area contributed by atoms with E-state index in [1.165, 1.54) is 21.9 Å². The van der Waals surface area contributed by atoms with E-state index in [1.807, 2.05) is 54.6 Å². The van der Waals surface area contributed by atoms with Crippen LogP contribution in [0.25, 0.3) is 77.4 Å². The maximum atomic E-state index is 6.21. The van der Waals surface area contributed by atoms with Crippen molar-refractivity contribution in [2.45, 2.75) is 6.92 Å². The summed E-state index contributed by atoms with van der Waals surface area (Å²) in [5.74, 6) is 0.582. The molecule has 4 heteroatoms. The molecule has 0 fully saturated rings. The number of hydrogen-bond acceptors (Lipinski definition) is 2. The quantitative estimate of drug-likeness (QED) is 0.119. The van der Waals surface area contributed by atoms with E-state index >= 15 is 0 Å². The third-order valence-corrected chi connectivity index (χ3v) is 10.7. The summed E-state index contributed by atoms with van der Waals surface area (Å²) in [6.07, 6.45) is 0. The van der Waals surface area contributed by atoms with Gasteiger partial charge in [0.1, 0.15) is 11.2 Å². The fourth-order valence-corrected chi connectivity index (χ4v) is 7.87. The highest BCUT2D eigenvalue weighted by molar-refractivity contribution is 6.14. The van der Waals surface area contributed by atoms with Crippen LogP contribution in [0.4, 0.5) is 0 Å². The minimum Gasteiger partial charge on any atom is -0.456 e. The largest absolute Gasteiger partial charge is 0.456 e. The molecular weight excluding hydrogens is 695 g/mol. The number of fused-ring (bicyclic) bond motifs is 6. The Morgan fingerprint density at radius 3 is 1.82 bits per heavy atom. The van der Waals surface area contributed by atoms with E-state index < -0.39 is 0 Å². The minimum absolute atomic E-state index is 0.582. The molecule has 0 spiro atoms. The molecule has 10 aromatic rings. The lowest BCUT2D eigenvalue weighted by Gasteiger charge is -2.15. The van der Waals surface area contributed by atoms with E-state index in [1.54, 1.807) is 0 Å². The first-order valence-corrected chi connectivity index (χ1v) is 19.2. The number of amidine groups is 1. The average Bonchev–Trinajstić information content (AvgIpc) is 3.82. The van der Waals surface area contributed by atoms with Gasteiger partial charge in [0.25, 0.3) is 0 Å². The Labute approximate surface area is 331 Å². The zero-order valence-electron chi connectivity index (χ0n) is 31.4. The zero-order valence-corrected chi connectivity index (χ0v) is 31.4. The topological polar surface area (TPSA) is 42.8 Å². The molecule has 0 saturated heterocycles. The van der Waals surface area contributed by atoms with Crippen LogP contribution in [0.15, 0.2) is 215 Å². The van der Waals surface area contributed by atoms with Crippen LogP contribution in [0.5, 0.6) is 0 Å². The highest BCUT2D eigenvalue weighted by Gasteiger charge is 2.17. The highest BCUT2D eigenvalue weighted by Crippen LogP contribution is 2.37. The average molecular weight is 732 g/mol. The Hall–Kier alpha value is -7.56. The van der Waals surface area contributed by atoms with Gasteiger partial charge in [0.05, 0.1) is 16.7 Å². The number of aromatic nitrogens is 1. The van der Waals surface area contributed by atoms with Gasteiger partial charge in [-0.25, -0.2) is 9.98 Å². The molecule has 8 aromatic carbocycles. The Morgan fingerprint density at radius 2 is 1.05 bits per heavy atom. The predicted molar refractivity (Wildman–Crippen MR) is 240 cm³/mol. The molecule has 2 aromatic heterocycles. The fourth-order valence-electron chi connectivity index (χ4n) is 7.87. The van der Waals surface area contributed by atoms with Gasteiger partial charge in [0.2, 0.25) is 0 Å². The minimum atomic E-state index is 0.582. The summed E-state index contributed by atoms with van der Waals surface area (Å²) < 4.78 is 8.60. The first-order valence-electron chi connectivity index (χ1n) is 19.2. The van der Waals surface area contributed by atoms with Crippen LogP contribution < -0.4 is 0 Å². The maximum absolute atomic E-state index is 6.21. The summed E-state index contributed by atoms with van der Waals surface area (Å²) in [5.41, 5.74) is 13.8. The molecule has 0 atom stereocenters. The second kappa shape index (κ2) is 14.3. The van der Waals surface area contributed by atoms with Gasteiger partial charge in [-0.05, 0) is 83.3 Å². The molecule has 4 nitrogen and oxygen atoms in total. The first kappa shape index (κ1) is 34.0. The first-order chi connectivity index (χ1) is 28.1. The number of rotatable bonds is 7. The van der Waals surface area contributed by atoms with Gasteiger partial charge >= 0.3 is 0 Å². The van der Waals surface area contributed by atoms with Crippen molar-refractivity contribution in [3.05, 3.63) is 217 Å². The third-order valence-electron chi connectivity index (χ3n) is 10.7. The van der Waals surface area contributed by atoms with Crippen molar-refractivity contribution < 1.29 is 4.42 Å². The summed E-state index contributed by atoms with van der Waals surface area (Å²) in [6.45, 7) is 6.48. The number of para-hydroxylation sites is 2. The lowest BCUT2D eigenvalue weighted by atomic mass is 9.99. The lowest BCUT2D eigenvalue weighted by Crippen LogP contribution is -2.06. The summed E-state index contributed by atoms with van der Waals surface area (Å²) in [7, 11) is 0. The van der Waals surface area contributed by atoms with Crippen LogP contribution in [0.1, 0.15) is 23.6 Å². The SMILES string of the molecule is C=C(N=C(N=C(C)c1cc(-c2ccccc2)cc(-n2c3ccccc3c3ccc(-c4ccccc4)cc32)c1)c1ccccc1)c1ccc2c(c1)oc1ccccc12. The van der Waals surface area contributed by atoms with Gasteiger partial charge in [-0.3, -0.25) is 0 Å². The smallest absolute Gasteiger partial charge is 0.160 e. The molecule has 57 heavy (non-hydrogen) atoms. The highest BCUT2D eigenvalue weighted by atomic mass is 16.3. The van der Waals surface area contributed by atoms with Crippen LogP contribution in [0.3, 0.4) is 0 Å². The van der Waals surface area contributed by atoms with Crippen molar-refractivity contribution in [2.75, 3.05) is 0 Å². The fraction of sp³-hybridized carbons (Fsp3) is 0.0189. The van der Waals surface area contributed by atoms with Crippen molar-refractivity contribution in [1.29, 1.82) is 0 Å². The van der Waals surface area contributed by atoms with Gasteiger partial charge in [-0.2, -0.15) is 0 Å². The molecule has 0 unspecified atom stereocenters. The number of nitrogens with zero attached hydrogens (tertiary/aromatic N) is 3. The molecule has 0 amide bonds. The van der Waals surface area contributed by atoms with Gasteiger partial charge in [-0.15, -0.1) is 0 Å². The Bertz CT molecular complexity index is 3190. The molecule has 0 bridgehead atoms. The van der Waals surface area contributed by atoms with Gasteiger partial charge in [0, 0.05) is 44.1 Å². The molecule has 0 aliphatic rings. The maximum Gasteiger partial charge on any atom is 0.160 e. The Balaban J connectivity index is 1.13. The molecule has 0 radical (unpaired) electrons. The third kappa shape index (κ3) is 6.33. The van der Waals surface area contributed by atoms with Crippen molar-refractivity contribution in [1.82, 2.24) is 4.57 Å². The molecule has 2 heterocycles. The molecule has 270 valence electrons. The molecule has 0 saturated carbocycles. The Morgan fingerprint density at radius 1 is 0.439 bits per heavy atom. The predicted octanol–water partition coefficient (Wildman–Crippen LogP) is 13.9. The molecular formula is C53H37N3O. The standard InChI is InChI=1S/C53H37N3O/c1-35(40-26-29-48-47-23-13-15-25-51(47)57-52(48)34-40)54-53(39-20-10-5-11-21-39)55-36(2)42-30-43(38-18-8-4-9-19-38)32-44(31-42)56-49-24-14-12-22-45(49)46-28-27-41(33-50(46)56)37-16-6-3-7-17-37/h3-34H,1H2,2H3. The Kier molecular flexibility index (Phi) is 8.50. The van der Waals surface area contributed by atoms with Gasteiger partial charge < -0.3 is 8.98 Å². The van der Waals surface area contributed by atoms with E-state index in [2.05, 4.69) is 158 Å². The number of furan rings is 1. The van der Waals surface area contributed by atoms with Crippen LogP contribution in [-0.4, -0.2) is 16.1 Å². The van der Waals surface area contributed by atoms with Crippen LogP contribution in [0, 0.1) is 0 Å². The van der Waals surface area contributed by atoms with Crippen LogP contribution in [0.2, 0.25) is 0 Å². The molecule has 0 N–H and O–H groups in total. The second-order valence-corrected chi connectivity index (χ2v) is 14.3. The molecule has 10 rings (SSSR count). The van der Waals surface area contributed by atoms with Crippen LogP contribution >= 0.6 is 0 Å². The van der Waals surface area contributed by atoms with E-state index in [9.17, 15) is 0 Å². The van der Waals surface area contributed by atoms with E-state index in [-0.39, 0.29) is 0 Å². The van der Waals surface area contributed by atoms with E-state index in [0.29, 0.717) is 11.5 Å². The lowest BCUT2D eigenvalue weighted by molar-refractivity contribution is 0.669. The molecule has 0 aliphatic carbocycles. The summed E-state index contributed by atoms with van der Waals surface area (Å²) in [6, 6.07) is 67.7. The summed E-state index contributed by atoms with van der Waals surface area (Å²) in [4.78, 5) is 10.4. The summed E-state index contributed by atoms with van der Waals surface area (Å²) >= 11 is 0. The number of benzene rings is 8. The van der Waals surface area contributed by atoms with Crippen molar-refractivity contribution >= 4 is 61.0 Å². The van der Waals surface area contributed by atoms with Crippen molar-refractivity contribution in [2.24, 2.45) is 9.98 Å². The second-order valence-electron chi connectivity index (χ2n) is 14.3. The monoisotopic (exact) mass is 731 g/mol. The van der Waals surface area contributed by atoms with Crippen molar-refractivity contribution in [3.8, 4) is 27.9 Å². The van der Waals surface area contributed by atoms with E-state index in [0.717, 1.165) is 72.2 Å². The molecule has 0 aliphatic heterocycles.